The van der Waals surface area contributed by atoms with E-state index < -0.39 is 0 Å². The monoisotopic (exact) mass is 300 g/mol. The van der Waals surface area contributed by atoms with Crippen molar-refractivity contribution in [1.82, 2.24) is 20.4 Å². The standard InChI is InChI=1S/C16H20N4O2/c1-17-10-12-4-7-20(8-5-12)16(21)14-9-15(22-19-14)13-3-2-6-18-11-13/h2-3,6,9,11-12,17H,4-5,7-8,10H2,1H3. The molecule has 6 nitrogen and oxygen atoms in total. The average molecular weight is 300 g/mol. The van der Waals surface area contributed by atoms with Gasteiger partial charge in [0.2, 0.25) is 0 Å². The van der Waals surface area contributed by atoms with Gasteiger partial charge in [0.05, 0.1) is 0 Å². The van der Waals surface area contributed by atoms with E-state index in [9.17, 15) is 4.79 Å². The Balaban J connectivity index is 1.65. The maximum Gasteiger partial charge on any atom is 0.276 e. The number of pyridine rings is 1. The fourth-order valence-corrected chi connectivity index (χ4v) is 2.81. The number of carbonyl (C=O) groups excluding carboxylic acids is 1. The summed E-state index contributed by atoms with van der Waals surface area (Å²) in [5.41, 5.74) is 1.19. The van der Waals surface area contributed by atoms with E-state index in [1.54, 1.807) is 18.5 Å². The zero-order chi connectivity index (χ0) is 15.4. The second-order valence-electron chi connectivity index (χ2n) is 5.61. The Morgan fingerprint density at radius 2 is 2.27 bits per heavy atom. The van der Waals surface area contributed by atoms with Crippen LogP contribution in [0.5, 0.6) is 0 Å². The van der Waals surface area contributed by atoms with Crippen molar-refractivity contribution in [3.8, 4) is 11.3 Å². The molecule has 1 N–H and O–H groups in total. The second kappa shape index (κ2) is 6.70. The Labute approximate surface area is 129 Å². The normalized spacial score (nSPS) is 16.0. The van der Waals surface area contributed by atoms with Crippen molar-refractivity contribution in [3.63, 3.8) is 0 Å². The summed E-state index contributed by atoms with van der Waals surface area (Å²) in [7, 11) is 1.97. The van der Waals surface area contributed by atoms with Crippen LogP contribution >= 0.6 is 0 Å². The average Bonchev–Trinajstić information content (AvgIpc) is 3.06. The molecule has 0 aromatic carbocycles. The van der Waals surface area contributed by atoms with Crippen molar-refractivity contribution in [1.29, 1.82) is 0 Å². The highest BCUT2D eigenvalue weighted by Crippen LogP contribution is 2.22. The second-order valence-corrected chi connectivity index (χ2v) is 5.61. The van der Waals surface area contributed by atoms with E-state index in [1.807, 2.05) is 24.1 Å². The maximum atomic E-state index is 12.5. The molecule has 0 radical (unpaired) electrons. The Morgan fingerprint density at radius 3 is 2.95 bits per heavy atom. The lowest BCUT2D eigenvalue weighted by Gasteiger charge is -2.31. The van der Waals surface area contributed by atoms with Crippen molar-refractivity contribution < 1.29 is 9.32 Å². The zero-order valence-electron chi connectivity index (χ0n) is 12.7. The molecular formula is C16H20N4O2. The molecule has 1 saturated heterocycles. The highest BCUT2D eigenvalue weighted by atomic mass is 16.5. The van der Waals surface area contributed by atoms with E-state index >= 15 is 0 Å². The van der Waals surface area contributed by atoms with E-state index in [2.05, 4.69) is 15.5 Å². The third kappa shape index (κ3) is 3.17. The van der Waals surface area contributed by atoms with Gasteiger partial charge in [-0.3, -0.25) is 9.78 Å². The first-order chi connectivity index (χ1) is 10.8. The molecule has 0 unspecified atom stereocenters. The number of hydrogen-bond donors (Lipinski definition) is 1. The molecule has 22 heavy (non-hydrogen) atoms. The minimum absolute atomic E-state index is 0.0539. The fourth-order valence-electron chi connectivity index (χ4n) is 2.81. The molecule has 1 fully saturated rings. The summed E-state index contributed by atoms with van der Waals surface area (Å²) in [5.74, 6) is 1.17. The van der Waals surface area contributed by atoms with Gasteiger partial charge in [-0.25, -0.2) is 0 Å². The van der Waals surface area contributed by atoms with Crippen LogP contribution in [0.4, 0.5) is 0 Å². The predicted octanol–water partition coefficient (Wildman–Crippen LogP) is 1.81. The van der Waals surface area contributed by atoms with Gasteiger partial charge in [-0.1, -0.05) is 5.16 Å². The first kappa shape index (κ1) is 14.7. The number of likely N-dealkylation sites (tertiary alicyclic amines) is 1. The van der Waals surface area contributed by atoms with Crippen molar-refractivity contribution in [2.45, 2.75) is 12.8 Å². The highest BCUT2D eigenvalue weighted by Gasteiger charge is 2.25. The summed E-state index contributed by atoms with van der Waals surface area (Å²) in [6.45, 7) is 2.57. The van der Waals surface area contributed by atoms with Crippen LogP contribution in [0, 0.1) is 5.92 Å². The van der Waals surface area contributed by atoms with Crippen LogP contribution < -0.4 is 5.32 Å². The van der Waals surface area contributed by atoms with E-state index in [1.165, 1.54) is 0 Å². The van der Waals surface area contributed by atoms with Crippen LogP contribution in [0.25, 0.3) is 11.3 Å². The molecule has 2 aromatic heterocycles. The van der Waals surface area contributed by atoms with Crippen LogP contribution in [0.2, 0.25) is 0 Å². The molecule has 0 atom stereocenters. The molecule has 6 heteroatoms. The van der Waals surface area contributed by atoms with Gasteiger partial charge in [0.25, 0.3) is 5.91 Å². The first-order valence-corrected chi connectivity index (χ1v) is 7.59. The number of aromatic nitrogens is 2. The lowest BCUT2D eigenvalue weighted by atomic mass is 9.96. The number of nitrogens with one attached hydrogen (secondary N) is 1. The number of hydrogen-bond acceptors (Lipinski definition) is 5. The Bertz CT molecular complexity index is 618. The molecule has 3 rings (SSSR count). The molecule has 0 bridgehead atoms. The number of carbonyl (C=O) groups is 1. The maximum absolute atomic E-state index is 12.5. The molecule has 1 aliphatic heterocycles. The van der Waals surface area contributed by atoms with Crippen LogP contribution in [0.1, 0.15) is 23.3 Å². The minimum Gasteiger partial charge on any atom is -0.355 e. The first-order valence-electron chi connectivity index (χ1n) is 7.59. The van der Waals surface area contributed by atoms with Crippen molar-refractivity contribution >= 4 is 5.91 Å². The van der Waals surface area contributed by atoms with Gasteiger partial charge in [0, 0.05) is 37.1 Å². The lowest BCUT2D eigenvalue weighted by Crippen LogP contribution is -2.40. The molecule has 1 aliphatic rings. The molecule has 116 valence electrons. The summed E-state index contributed by atoms with van der Waals surface area (Å²) in [6.07, 6.45) is 5.44. The predicted molar refractivity (Wildman–Crippen MR) is 82.3 cm³/mol. The minimum atomic E-state index is -0.0539. The van der Waals surface area contributed by atoms with Gasteiger partial charge in [-0.15, -0.1) is 0 Å². The molecular weight excluding hydrogens is 280 g/mol. The van der Waals surface area contributed by atoms with E-state index in [0.29, 0.717) is 17.4 Å². The third-order valence-corrected chi connectivity index (χ3v) is 4.07. The van der Waals surface area contributed by atoms with Gasteiger partial charge in [-0.05, 0) is 44.5 Å². The largest absolute Gasteiger partial charge is 0.355 e. The molecule has 0 saturated carbocycles. The van der Waals surface area contributed by atoms with Gasteiger partial charge in [-0.2, -0.15) is 0 Å². The summed E-state index contributed by atoms with van der Waals surface area (Å²) in [6, 6.07) is 5.40. The summed E-state index contributed by atoms with van der Waals surface area (Å²) in [5, 5.41) is 7.11. The molecule has 3 heterocycles. The van der Waals surface area contributed by atoms with E-state index in [4.69, 9.17) is 4.52 Å². The van der Waals surface area contributed by atoms with Crippen LogP contribution in [0.15, 0.2) is 35.1 Å². The van der Waals surface area contributed by atoms with Gasteiger partial charge < -0.3 is 14.7 Å². The summed E-state index contributed by atoms with van der Waals surface area (Å²) < 4.78 is 5.27. The number of piperidine rings is 1. The molecule has 2 aromatic rings. The van der Waals surface area contributed by atoms with Crippen LogP contribution in [-0.4, -0.2) is 47.6 Å². The van der Waals surface area contributed by atoms with Crippen LogP contribution in [-0.2, 0) is 0 Å². The zero-order valence-corrected chi connectivity index (χ0v) is 12.7. The lowest BCUT2D eigenvalue weighted by molar-refractivity contribution is 0.0680. The smallest absolute Gasteiger partial charge is 0.276 e. The number of amides is 1. The van der Waals surface area contributed by atoms with Gasteiger partial charge in [0.15, 0.2) is 11.5 Å². The fraction of sp³-hybridized carbons (Fsp3) is 0.438. The Kier molecular flexibility index (Phi) is 4.48. The SMILES string of the molecule is CNCC1CCN(C(=O)c2cc(-c3cccnc3)on2)CC1. The topological polar surface area (TPSA) is 71.3 Å². The molecule has 0 aliphatic carbocycles. The Morgan fingerprint density at radius 1 is 1.45 bits per heavy atom. The summed E-state index contributed by atoms with van der Waals surface area (Å²) in [4.78, 5) is 18.4. The third-order valence-electron chi connectivity index (χ3n) is 4.07. The van der Waals surface area contributed by atoms with Gasteiger partial charge >= 0.3 is 0 Å². The van der Waals surface area contributed by atoms with Crippen molar-refractivity contribution in [3.05, 3.63) is 36.3 Å². The molecule has 1 amide bonds. The highest BCUT2D eigenvalue weighted by molar-refractivity contribution is 5.93. The number of rotatable bonds is 4. The van der Waals surface area contributed by atoms with Gasteiger partial charge in [0.1, 0.15) is 0 Å². The van der Waals surface area contributed by atoms with E-state index in [0.717, 1.165) is 38.0 Å². The van der Waals surface area contributed by atoms with Crippen molar-refractivity contribution in [2.24, 2.45) is 5.92 Å². The molecule has 0 spiro atoms. The quantitative estimate of drug-likeness (QED) is 0.932. The summed E-state index contributed by atoms with van der Waals surface area (Å²) >= 11 is 0. The van der Waals surface area contributed by atoms with E-state index in [-0.39, 0.29) is 5.91 Å². The Hall–Kier alpha value is -2.21. The van der Waals surface area contributed by atoms with Crippen molar-refractivity contribution in [2.75, 3.05) is 26.7 Å². The number of nitrogens with zero attached hydrogens (tertiary/aromatic N) is 3. The van der Waals surface area contributed by atoms with Crippen LogP contribution in [0.3, 0.4) is 0 Å².